The summed E-state index contributed by atoms with van der Waals surface area (Å²) in [7, 11) is 1.28. The summed E-state index contributed by atoms with van der Waals surface area (Å²) in [6, 6.07) is 4.82. The largest absolute Gasteiger partial charge is 0.469 e. The quantitative estimate of drug-likeness (QED) is 0.620. The molecule has 0 aromatic heterocycles. The first kappa shape index (κ1) is 14.9. The van der Waals surface area contributed by atoms with Crippen LogP contribution in [-0.4, -0.2) is 18.6 Å². The van der Waals surface area contributed by atoms with E-state index in [1.54, 1.807) is 19.1 Å². The fourth-order valence-electron chi connectivity index (χ4n) is 1.38. The van der Waals surface area contributed by atoms with Gasteiger partial charge in [0.25, 0.3) is 0 Å². The van der Waals surface area contributed by atoms with Crippen molar-refractivity contribution in [3.63, 3.8) is 0 Å². The van der Waals surface area contributed by atoms with Gasteiger partial charge in [0.15, 0.2) is 0 Å². The van der Waals surface area contributed by atoms with Crippen LogP contribution in [0.3, 0.4) is 0 Å². The minimum atomic E-state index is -4.30. The van der Waals surface area contributed by atoms with Gasteiger partial charge in [-0.05, 0) is 42.3 Å². The fraction of sp³-hybridized carbons (Fsp3) is 0.417. The lowest BCUT2D eigenvalue weighted by molar-refractivity contribution is -0.140. The Labute approximate surface area is 108 Å². The summed E-state index contributed by atoms with van der Waals surface area (Å²) in [5, 5.41) is 0. The van der Waals surface area contributed by atoms with Crippen molar-refractivity contribution in [2.24, 2.45) is 0 Å². The molecular formula is C12H13F3O2S. The summed E-state index contributed by atoms with van der Waals surface area (Å²) in [6.45, 7) is 1.62. The van der Waals surface area contributed by atoms with Crippen LogP contribution >= 0.6 is 11.8 Å². The molecule has 0 aliphatic heterocycles. The van der Waals surface area contributed by atoms with Gasteiger partial charge in [0, 0.05) is 11.3 Å². The van der Waals surface area contributed by atoms with Crippen molar-refractivity contribution in [2.75, 3.05) is 7.11 Å². The van der Waals surface area contributed by atoms with Gasteiger partial charge in [0.1, 0.15) is 0 Å². The lowest BCUT2D eigenvalue weighted by Gasteiger charge is -2.10. The molecule has 0 saturated heterocycles. The Morgan fingerprint density at radius 3 is 2.61 bits per heavy atom. The molecule has 0 bridgehead atoms. The molecule has 0 amide bonds. The number of halogens is 3. The van der Waals surface area contributed by atoms with Gasteiger partial charge in [0.2, 0.25) is 0 Å². The van der Waals surface area contributed by atoms with Crippen molar-refractivity contribution in [2.45, 2.75) is 30.2 Å². The lowest BCUT2D eigenvalue weighted by atomic mass is 10.1. The van der Waals surface area contributed by atoms with Crippen LogP contribution in [0.15, 0.2) is 23.1 Å². The van der Waals surface area contributed by atoms with E-state index in [1.807, 2.05) is 0 Å². The minimum Gasteiger partial charge on any atom is -0.469 e. The maximum atomic E-state index is 12.3. The molecule has 18 heavy (non-hydrogen) atoms. The van der Waals surface area contributed by atoms with Gasteiger partial charge in [-0.15, -0.1) is 0 Å². The number of methoxy groups -OCH3 is 1. The van der Waals surface area contributed by atoms with Gasteiger partial charge in [-0.25, -0.2) is 0 Å². The molecule has 2 nitrogen and oxygen atoms in total. The molecule has 100 valence electrons. The topological polar surface area (TPSA) is 26.3 Å². The first-order valence-corrected chi connectivity index (χ1v) is 6.05. The molecule has 1 aromatic carbocycles. The van der Waals surface area contributed by atoms with Gasteiger partial charge >= 0.3 is 11.5 Å². The highest BCUT2D eigenvalue weighted by Gasteiger charge is 2.29. The second kappa shape index (κ2) is 6.13. The number of alkyl halides is 3. The summed E-state index contributed by atoms with van der Waals surface area (Å²) in [5.41, 5.74) is -3.04. The molecule has 0 fully saturated rings. The number of carbonyl (C=O) groups excluding carboxylic acids is 1. The molecule has 0 saturated carbocycles. The molecule has 6 heteroatoms. The summed E-state index contributed by atoms with van der Waals surface area (Å²) < 4.78 is 41.4. The fourth-order valence-corrected chi connectivity index (χ4v) is 2.07. The molecule has 0 heterocycles. The Kier molecular flexibility index (Phi) is 5.07. The second-order valence-electron chi connectivity index (χ2n) is 3.72. The van der Waals surface area contributed by atoms with Gasteiger partial charge < -0.3 is 4.74 Å². The molecule has 0 atom stereocenters. The summed E-state index contributed by atoms with van der Waals surface area (Å²) in [6.07, 6.45) is 0.536. The summed E-state index contributed by atoms with van der Waals surface area (Å²) in [5.74, 6) is -0.374. The van der Waals surface area contributed by atoms with Crippen molar-refractivity contribution in [3.8, 4) is 0 Å². The lowest BCUT2D eigenvalue weighted by Crippen LogP contribution is -2.03. The zero-order valence-electron chi connectivity index (χ0n) is 10.0. The zero-order valence-corrected chi connectivity index (χ0v) is 10.8. The number of benzene rings is 1. The van der Waals surface area contributed by atoms with Crippen LogP contribution in [0, 0.1) is 6.92 Å². The molecule has 0 aliphatic rings. The molecule has 0 N–H and O–H groups in total. The van der Waals surface area contributed by atoms with Gasteiger partial charge in [-0.2, -0.15) is 13.2 Å². The van der Waals surface area contributed by atoms with Gasteiger partial charge in [0.05, 0.1) is 7.11 Å². The second-order valence-corrected chi connectivity index (χ2v) is 4.83. The molecule has 0 radical (unpaired) electrons. The van der Waals surface area contributed by atoms with Gasteiger partial charge in [-0.1, -0.05) is 12.1 Å². The number of hydrogen-bond donors (Lipinski definition) is 0. The maximum Gasteiger partial charge on any atom is 0.446 e. The van der Waals surface area contributed by atoms with Crippen molar-refractivity contribution < 1.29 is 22.7 Å². The molecule has 1 rings (SSSR count). The number of aryl methyl sites for hydroxylation is 2. The van der Waals surface area contributed by atoms with Crippen molar-refractivity contribution >= 4 is 17.7 Å². The molecule has 0 unspecified atom stereocenters. The van der Waals surface area contributed by atoms with E-state index in [-0.39, 0.29) is 29.0 Å². The van der Waals surface area contributed by atoms with E-state index in [2.05, 4.69) is 4.74 Å². The highest BCUT2D eigenvalue weighted by Crippen LogP contribution is 2.38. The van der Waals surface area contributed by atoms with Crippen LogP contribution in [0.5, 0.6) is 0 Å². The first-order chi connectivity index (χ1) is 8.31. The van der Waals surface area contributed by atoms with E-state index in [0.29, 0.717) is 17.5 Å². The van der Waals surface area contributed by atoms with Crippen LogP contribution in [0.25, 0.3) is 0 Å². The monoisotopic (exact) mass is 278 g/mol. The van der Waals surface area contributed by atoms with Crippen LogP contribution in [0.4, 0.5) is 13.2 Å². The average molecular weight is 278 g/mol. The normalized spacial score (nSPS) is 11.4. The molecule has 1 aromatic rings. The predicted octanol–water partition coefficient (Wildman–Crippen LogP) is 3.71. The minimum absolute atomic E-state index is 0.135. The van der Waals surface area contributed by atoms with E-state index in [0.717, 1.165) is 0 Å². The Morgan fingerprint density at radius 1 is 1.39 bits per heavy atom. The Hall–Kier alpha value is -1.17. The molecule has 0 spiro atoms. The summed E-state index contributed by atoms with van der Waals surface area (Å²) in [4.78, 5) is 11.1. The molecule has 0 aliphatic carbocycles. The first-order valence-electron chi connectivity index (χ1n) is 5.24. The van der Waals surface area contributed by atoms with Crippen molar-refractivity contribution in [1.82, 2.24) is 0 Å². The number of thioether (sulfide) groups is 1. The SMILES string of the molecule is COC(=O)CCc1ccc(C)c(SC(F)(F)F)c1. The van der Waals surface area contributed by atoms with Crippen LogP contribution < -0.4 is 0 Å². The predicted molar refractivity (Wildman–Crippen MR) is 63.4 cm³/mol. The third-order valence-corrected chi connectivity index (χ3v) is 3.21. The van der Waals surface area contributed by atoms with Crippen LogP contribution in [0.1, 0.15) is 17.5 Å². The maximum absolute atomic E-state index is 12.3. The van der Waals surface area contributed by atoms with E-state index in [1.165, 1.54) is 13.2 Å². The van der Waals surface area contributed by atoms with Crippen molar-refractivity contribution in [1.29, 1.82) is 0 Å². The summed E-state index contributed by atoms with van der Waals surface area (Å²) >= 11 is -0.135. The van der Waals surface area contributed by atoms with Crippen LogP contribution in [0.2, 0.25) is 0 Å². The standard InChI is InChI=1S/C12H13F3O2S/c1-8-3-4-9(5-6-11(16)17-2)7-10(8)18-12(13,14)15/h3-4,7H,5-6H2,1-2H3. The number of hydrogen-bond acceptors (Lipinski definition) is 3. The van der Waals surface area contributed by atoms with E-state index < -0.39 is 5.51 Å². The highest BCUT2D eigenvalue weighted by molar-refractivity contribution is 8.00. The van der Waals surface area contributed by atoms with Crippen molar-refractivity contribution in [3.05, 3.63) is 29.3 Å². The number of ether oxygens (including phenoxy) is 1. The third-order valence-electron chi connectivity index (χ3n) is 2.32. The third kappa shape index (κ3) is 5.00. The van der Waals surface area contributed by atoms with E-state index in [9.17, 15) is 18.0 Å². The smallest absolute Gasteiger partial charge is 0.446 e. The number of carbonyl (C=O) groups is 1. The number of esters is 1. The highest BCUT2D eigenvalue weighted by atomic mass is 32.2. The number of rotatable bonds is 4. The van der Waals surface area contributed by atoms with Crippen LogP contribution in [-0.2, 0) is 16.0 Å². The van der Waals surface area contributed by atoms with E-state index in [4.69, 9.17) is 0 Å². The van der Waals surface area contributed by atoms with E-state index >= 15 is 0 Å². The Balaban J connectivity index is 2.77. The zero-order chi connectivity index (χ0) is 13.8. The average Bonchev–Trinajstić information content (AvgIpc) is 2.28. The van der Waals surface area contributed by atoms with Gasteiger partial charge in [-0.3, -0.25) is 4.79 Å². The Morgan fingerprint density at radius 2 is 2.06 bits per heavy atom. The molecular weight excluding hydrogens is 265 g/mol. The Bertz CT molecular complexity index is 430.